The number of aromatic nitrogens is 1. The first-order valence-corrected chi connectivity index (χ1v) is 6.21. The average Bonchev–Trinajstić information content (AvgIpc) is 2.38. The van der Waals surface area contributed by atoms with Crippen LogP contribution < -0.4 is 0 Å². The molecular formula is C12H16ClN3O. The molecule has 1 fully saturated rings. The van der Waals surface area contributed by atoms with Crippen LogP contribution in [0.4, 0.5) is 0 Å². The van der Waals surface area contributed by atoms with Crippen LogP contribution >= 0.6 is 11.6 Å². The molecule has 92 valence electrons. The highest BCUT2D eigenvalue weighted by atomic mass is 35.5. The lowest BCUT2D eigenvalue weighted by Crippen LogP contribution is -2.48. The van der Waals surface area contributed by atoms with Crippen molar-refractivity contribution in [2.75, 3.05) is 32.7 Å². The number of piperazine rings is 1. The third kappa shape index (κ3) is 2.96. The molecular weight excluding hydrogens is 238 g/mol. The molecule has 5 heteroatoms. The van der Waals surface area contributed by atoms with Crippen LogP contribution in [0.1, 0.15) is 17.4 Å². The van der Waals surface area contributed by atoms with E-state index in [4.69, 9.17) is 11.6 Å². The molecule has 2 heterocycles. The molecule has 0 radical (unpaired) electrons. The van der Waals surface area contributed by atoms with Crippen molar-refractivity contribution in [3.8, 4) is 0 Å². The summed E-state index contributed by atoms with van der Waals surface area (Å²) in [6.07, 6.45) is 1.57. The lowest BCUT2D eigenvalue weighted by Gasteiger charge is -2.33. The Bertz CT molecular complexity index is 402. The summed E-state index contributed by atoms with van der Waals surface area (Å²) in [7, 11) is 0. The number of hydrogen-bond donors (Lipinski definition) is 0. The topological polar surface area (TPSA) is 36.4 Å². The number of likely N-dealkylation sites (N-methyl/N-ethyl adjacent to an activating group) is 1. The Morgan fingerprint density at radius 3 is 2.71 bits per heavy atom. The zero-order chi connectivity index (χ0) is 12.3. The van der Waals surface area contributed by atoms with Gasteiger partial charge in [0.25, 0.3) is 5.91 Å². The molecule has 1 saturated heterocycles. The Morgan fingerprint density at radius 2 is 2.12 bits per heavy atom. The van der Waals surface area contributed by atoms with Crippen molar-refractivity contribution in [2.24, 2.45) is 0 Å². The van der Waals surface area contributed by atoms with E-state index in [0.29, 0.717) is 10.7 Å². The molecule has 17 heavy (non-hydrogen) atoms. The average molecular weight is 254 g/mol. The minimum atomic E-state index is -0.0248. The highest BCUT2D eigenvalue weighted by Gasteiger charge is 2.22. The number of pyridine rings is 1. The fourth-order valence-electron chi connectivity index (χ4n) is 1.95. The second-order valence-electron chi connectivity index (χ2n) is 4.09. The molecule has 0 unspecified atom stereocenters. The first-order valence-electron chi connectivity index (χ1n) is 5.84. The van der Waals surface area contributed by atoms with Crippen molar-refractivity contribution in [3.05, 3.63) is 29.0 Å². The van der Waals surface area contributed by atoms with Gasteiger partial charge in [-0.3, -0.25) is 9.78 Å². The van der Waals surface area contributed by atoms with Gasteiger partial charge < -0.3 is 9.80 Å². The second-order valence-corrected chi connectivity index (χ2v) is 4.52. The summed E-state index contributed by atoms with van der Waals surface area (Å²) in [5.41, 5.74) is 0.433. The summed E-state index contributed by atoms with van der Waals surface area (Å²) in [6, 6.07) is 3.30. The monoisotopic (exact) mass is 253 g/mol. The van der Waals surface area contributed by atoms with Gasteiger partial charge in [0, 0.05) is 37.4 Å². The molecule has 1 amide bonds. The molecule has 2 rings (SSSR count). The molecule has 1 aromatic rings. The van der Waals surface area contributed by atoms with Gasteiger partial charge in [-0.25, -0.2) is 0 Å². The van der Waals surface area contributed by atoms with Gasteiger partial charge in [-0.05, 0) is 18.7 Å². The van der Waals surface area contributed by atoms with Gasteiger partial charge in [-0.1, -0.05) is 18.5 Å². The number of hydrogen-bond acceptors (Lipinski definition) is 3. The van der Waals surface area contributed by atoms with Crippen LogP contribution in [0, 0.1) is 0 Å². The Labute approximate surface area is 106 Å². The zero-order valence-corrected chi connectivity index (χ0v) is 10.7. The van der Waals surface area contributed by atoms with E-state index < -0.39 is 0 Å². The number of halogens is 1. The Kier molecular flexibility index (Phi) is 3.97. The number of carbonyl (C=O) groups excluding carboxylic acids is 1. The molecule has 1 aliphatic rings. The minimum Gasteiger partial charge on any atom is -0.335 e. The normalized spacial score (nSPS) is 17.2. The smallest absolute Gasteiger partial charge is 0.272 e. The second kappa shape index (κ2) is 5.47. The lowest BCUT2D eigenvalue weighted by atomic mass is 10.2. The number of amides is 1. The number of rotatable bonds is 2. The highest BCUT2D eigenvalue weighted by molar-refractivity contribution is 6.30. The predicted octanol–water partition coefficient (Wildman–Crippen LogP) is 1.51. The number of carbonyl (C=O) groups is 1. The Morgan fingerprint density at radius 1 is 1.41 bits per heavy atom. The van der Waals surface area contributed by atoms with E-state index in [2.05, 4.69) is 16.8 Å². The molecule has 0 aliphatic carbocycles. The summed E-state index contributed by atoms with van der Waals surface area (Å²) >= 11 is 5.85. The summed E-state index contributed by atoms with van der Waals surface area (Å²) in [5.74, 6) is -0.0248. The van der Waals surface area contributed by atoms with Gasteiger partial charge in [0.2, 0.25) is 0 Å². The quantitative estimate of drug-likeness (QED) is 0.802. The Balaban J connectivity index is 2.02. The lowest BCUT2D eigenvalue weighted by molar-refractivity contribution is 0.0637. The molecule has 0 spiro atoms. The highest BCUT2D eigenvalue weighted by Crippen LogP contribution is 2.11. The van der Waals surface area contributed by atoms with Gasteiger partial charge in [0.15, 0.2) is 0 Å². The maximum atomic E-state index is 12.1. The van der Waals surface area contributed by atoms with Crippen LogP contribution in [-0.4, -0.2) is 53.4 Å². The molecule has 1 aliphatic heterocycles. The first kappa shape index (κ1) is 12.3. The predicted molar refractivity (Wildman–Crippen MR) is 67.3 cm³/mol. The maximum absolute atomic E-state index is 12.1. The summed E-state index contributed by atoms with van der Waals surface area (Å²) in [6.45, 7) is 6.57. The molecule has 0 N–H and O–H groups in total. The van der Waals surface area contributed by atoms with E-state index in [-0.39, 0.29) is 5.91 Å². The van der Waals surface area contributed by atoms with Crippen LogP contribution in [0.2, 0.25) is 5.02 Å². The van der Waals surface area contributed by atoms with Gasteiger partial charge in [-0.2, -0.15) is 0 Å². The Hall–Kier alpha value is -1.13. The molecule has 0 atom stereocenters. The van der Waals surface area contributed by atoms with Crippen LogP contribution in [0.25, 0.3) is 0 Å². The van der Waals surface area contributed by atoms with Gasteiger partial charge in [-0.15, -0.1) is 0 Å². The fourth-order valence-corrected chi connectivity index (χ4v) is 2.11. The first-order chi connectivity index (χ1) is 8.20. The standard InChI is InChI=1S/C12H16ClN3O/c1-2-15-5-7-16(8-6-15)12(17)11-9-10(13)3-4-14-11/h3-4,9H,2,5-8H2,1H3. The van der Waals surface area contributed by atoms with Crippen LogP contribution in [-0.2, 0) is 0 Å². The van der Waals surface area contributed by atoms with Crippen molar-refractivity contribution < 1.29 is 4.79 Å². The van der Waals surface area contributed by atoms with E-state index >= 15 is 0 Å². The van der Waals surface area contributed by atoms with Crippen molar-refractivity contribution in [1.29, 1.82) is 0 Å². The zero-order valence-electron chi connectivity index (χ0n) is 9.90. The van der Waals surface area contributed by atoms with E-state index in [0.717, 1.165) is 32.7 Å². The van der Waals surface area contributed by atoms with Crippen LogP contribution in [0.5, 0.6) is 0 Å². The minimum absolute atomic E-state index is 0.0248. The third-order valence-electron chi connectivity index (χ3n) is 3.05. The number of nitrogens with zero attached hydrogens (tertiary/aromatic N) is 3. The molecule has 0 bridgehead atoms. The largest absolute Gasteiger partial charge is 0.335 e. The summed E-state index contributed by atoms with van der Waals surface area (Å²) < 4.78 is 0. The van der Waals surface area contributed by atoms with E-state index in [1.807, 2.05) is 4.90 Å². The molecule has 0 saturated carbocycles. The summed E-state index contributed by atoms with van der Waals surface area (Å²) in [4.78, 5) is 20.4. The maximum Gasteiger partial charge on any atom is 0.272 e. The van der Waals surface area contributed by atoms with Crippen molar-refractivity contribution in [3.63, 3.8) is 0 Å². The van der Waals surface area contributed by atoms with Gasteiger partial charge >= 0.3 is 0 Å². The van der Waals surface area contributed by atoms with Crippen LogP contribution in [0.15, 0.2) is 18.3 Å². The van der Waals surface area contributed by atoms with E-state index in [9.17, 15) is 4.79 Å². The van der Waals surface area contributed by atoms with Crippen molar-refractivity contribution in [2.45, 2.75) is 6.92 Å². The third-order valence-corrected chi connectivity index (χ3v) is 3.28. The SMILES string of the molecule is CCN1CCN(C(=O)c2cc(Cl)ccn2)CC1. The van der Waals surface area contributed by atoms with Crippen molar-refractivity contribution >= 4 is 17.5 Å². The fraction of sp³-hybridized carbons (Fsp3) is 0.500. The van der Waals surface area contributed by atoms with Crippen LogP contribution in [0.3, 0.4) is 0 Å². The molecule has 4 nitrogen and oxygen atoms in total. The van der Waals surface area contributed by atoms with Gasteiger partial charge in [0.1, 0.15) is 5.69 Å². The van der Waals surface area contributed by atoms with Gasteiger partial charge in [0.05, 0.1) is 0 Å². The summed E-state index contributed by atoms with van der Waals surface area (Å²) in [5, 5.41) is 0.551. The molecule has 1 aromatic heterocycles. The van der Waals surface area contributed by atoms with Crippen molar-refractivity contribution in [1.82, 2.24) is 14.8 Å². The van der Waals surface area contributed by atoms with E-state index in [1.54, 1.807) is 18.3 Å². The van der Waals surface area contributed by atoms with E-state index in [1.165, 1.54) is 0 Å². The molecule has 0 aromatic carbocycles.